The number of aromatic nitrogens is 3. The number of nitrogens with two attached hydrogens (primary N) is 1. The second-order valence-corrected chi connectivity index (χ2v) is 11.0. The van der Waals surface area contributed by atoms with Crippen LogP contribution in [0, 0.1) is 24.7 Å². The minimum Gasteiger partial charge on any atom is -0.364 e. The van der Waals surface area contributed by atoms with Crippen LogP contribution in [-0.2, 0) is 16.1 Å². The topological polar surface area (TPSA) is 111 Å². The van der Waals surface area contributed by atoms with Crippen molar-refractivity contribution in [3.05, 3.63) is 23.7 Å². The van der Waals surface area contributed by atoms with E-state index in [1.54, 1.807) is 24.1 Å². The highest BCUT2D eigenvalue weighted by Gasteiger charge is 2.57. The number of hydrogen-bond donors (Lipinski definition) is 1. The van der Waals surface area contributed by atoms with Gasteiger partial charge in [0.2, 0.25) is 5.91 Å². The third kappa shape index (κ3) is 3.57. The fraction of sp³-hybridized carbons (Fsp3) is 0.591. The van der Waals surface area contributed by atoms with Gasteiger partial charge in [-0.3, -0.25) is 24.0 Å². The number of hydrogen-bond acceptors (Lipinski definition) is 5. The van der Waals surface area contributed by atoms with Crippen molar-refractivity contribution in [3.8, 4) is 0 Å². The number of alkyl halides is 2. The first kappa shape index (κ1) is 21.6. The van der Waals surface area contributed by atoms with Crippen LogP contribution >= 0.6 is 23.2 Å². The number of carbonyl (C=O) groups is 3. The Morgan fingerprint density at radius 3 is 2.69 bits per heavy atom. The molecule has 32 heavy (non-hydrogen) atoms. The number of halogens is 2. The fourth-order valence-corrected chi connectivity index (χ4v) is 6.12. The average Bonchev–Trinajstić information content (AvgIpc) is 3.51. The van der Waals surface area contributed by atoms with Gasteiger partial charge < -0.3 is 10.6 Å². The van der Waals surface area contributed by atoms with E-state index in [-0.39, 0.29) is 41.8 Å². The van der Waals surface area contributed by atoms with Crippen molar-refractivity contribution in [2.75, 3.05) is 0 Å². The van der Waals surface area contributed by atoms with Gasteiger partial charge in [0.25, 0.3) is 5.91 Å². The van der Waals surface area contributed by atoms with Crippen LogP contribution in [0.2, 0.25) is 0 Å². The third-order valence-electron chi connectivity index (χ3n) is 7.21. The van der Waals surface area contributed by atoms with Crippen LogP contribution in [0.5, 0.6) is 0 Å². The van der Waals surface area contributed by atoms with Gasteiger partial charge in [-0.25, -0.2) is 0 Å². The number of aryl methyl sites for hydroxylation is 1. The summed E-state index contributed by atoms with van der Waals surface area (Å²) in [6.45, 7) is 3.71. The second kappa shape index (κ2) is 7.42. The van der Waals surface area contributed by atoms with E-state index in [0.29, 0.717) is 41.8 Å². The lowest BCUT2D eigenvalue weighted by molar-refractivity contribution is -0.139. The van der Waals surface area contributed by atoms with Gasteiger partial charge in [0.05, 0.1) is 17.3 Å². The highest BCUT2D eigenvalue weighted by atomic mass is 35.5. The maximum atomic E-state index is 13.4. The van der Waals surface area contributed by atoms with E-state index in [9.17, 15) is 14.4 Å². The minimum absolute atomic E-state index is 0.0649. The minimum atomic E-state index is -0.724. The summed E-state index contributed by atoms with van der Waals surface area (Å²) in [5.74, 6) is -0.202. The molecule has 1 saturated heterocycles. The van der Waals surface area contributed by atoms with Crippen molar-refractivity contribution in [1.29, 1.82) is 0 Å². The number of likely N-dealkylation sites (tertiary alicyclic amines) is 1. The molecule has 8 nitrogen and oxygen atoms in total. The molecule has 2 amide bonds. The molecular formula is C22H25Cl2N5O3. The first-order valence-electron chi connectivity index (χ1n) is 10.9. The summed E-state index contributed by atoms with van der Waals surface area (Å²) in [5, 5.41) is 4.88. The van der Waals surface area contributed by atoms with Crippen molar-refractivity contribution in [2.24, 2.45) is 23.5 Å². The van der Waals surface area contributed by atoms with Crippen molar-refractivity contribution in [3.63, 3.8) is 0 Å². The molecule has 2 aliphatic carbocycles. The lowest BCUT2D eigenvalue weighted by Crippen LogP contribution is -2.45. The standard InChI is InChI=1S/C22H25Cl2N5O3/c1-10(14-8-22(14,23)24)5-17(30)16-7-12-6-15(12)29(16)18(31)9-28-20-11(2)26-4-3-13(20)19(27-28)21(25)32/h3-4,10,12,14-16H,5-9H2,1-2H3,(H2,25,32)/t10-,12+,14+,15+,16-/m0/s1. The number of carbonyl (C=O) groups excluding carboxylic acids is 3. The summed E-state index contributed by atoms with van der Waals surface area (Å²) in [5.41, 5.74) is 6.85. The molecule has 10 heteroatoms. The first-order chi connectivity index (χ1) is 15.1. The zero-order valence-corrected chi connectivity index (χ0v) is 19.4. The van der Waals surface area contributed by atoms with Gasteiger partial charge in [0.15, 0.2) is 11.5 Å². The summed E-state index contributed by atoms with van der Waals surface area (Å²) < 4.78 is 0.762. The zero-order valence-electron chi connectivity index (χ0n) is 17.9. The smallest absolute Gasteiger partial charge is 0.269 e. The van der Waals surface area contributed by atoms with Crippen molar-refractivity contribution < 1.29 is 14.4 Å². The van der Waals surface area contributed by atoms with Crippen molar-refractivity contribution >= 4 is 51.7 Å². The van der Waals surface area contributed by atoms with Crippen LogP contribution in [0.15, 0.2) is 12.3 Å². The van der Waals surface area contributed by atoms with E-state index >= 15 is 0 Å². The molecule has 2 saturated carbocycles. The Hall–Kier alpha value is -2.19. The summed E-state index contributed by atoms with van der Waals surface area (Å²) in [6.07, 6.45) is 4.27. The molecule has 0 aromatic carbocycles. The number of piperidine rings is 1. The van der Waals surface area contributed by atoms with Gasteiger partial charge in [-0.05, 0) is 50.0 Å². The molecule has 3 aliphatic rings. The normalized spacial score (nSPS) is 28.4. The molecule has 3 fully saturated rings. The molecule has 1 aliphatic heterocycles. The van der Waals surface area contributed by atoms with Crippen molar-refractivity contribution in [2.45, 2.75) is 62.5 Å². The average molecular weight is 478 g/mol. The number of amides is 2. The number of fused-ring (bicyclic) bond motifs is 2. The van der Waals surface area contributed by atoms with Gasteiger partial charge in [-0.1, -0.05) is 6.92 Å². The number of pyridine rings is 1. The summed E-state index contributed by atoms with van der Waals surface area (Å²) in [6, 6.07) is 1.34. The predicted octanol–water partition coefficient (Wildman–Crippen LogP) is 2.62. The van der Waals surface area contributed by atoms with Gasteiger partial charge in [0.1, 0.15) is 10.9 Å². The van der Waals surface area contributed by atoms with Crippen LogP contribution in [0.25, 0.3) is 10.9 Å². The van der Waals surface area contributed by atoms with Crippen LogP contribution in [-0.4, -0.2) is 53.7 Å². The molecule has 5 rings (SSSR count). The van der Waals surface area contributed by atoms with E-state index < -0.39 is 16.3 Å². The molecular weight excluding hydrogens is 453 g/mol. The monoisotopic (exact) mass is 477 g/mol. The lowest BCUT2D eigenvalue weighted by Gasteiger charge is -2.28. The van der Waals surface area contributed by atoms with Crippen LogP contribution in [0.3, 0.4) is 0 Å². The van der Waals surface area contributed by atoms with E-state index in [1.165, 1.54) is 4.68 Å². The molecule has 2 aromatic heterocycles. The molecule has 170 valence electrons. The maximum Gasteiger partial charge on any atom is 0.269 e. The van der Waals surface area contributed by atoms with Gasteiger partial charge >= 0.3 is 0 Å². The third-order valence-corrected chi connectivity index (χ3v) is 8.08. The summed E-state index contributed by atoms with van der Waals surface area (Å²) in [4.78, 5) is 44.4. The number of nitrogens with zero attached hydrogens (tertiary/aromatic N) is 4. The summed E-state index contributed by atoms with van der Waals surface area (Å²) >= 11 is 12.3. The van der Waals surface area contributed by atoms with Crippen LogP contribution < -0.4 is 5.73 Å². The van der Waals surface area contributed by atoms with Gasteiger partial charge in [-0.2, -0.15) is 5.10 Å². The van der Waals surface area contributed by atoms with E-state index in [2.05, 4.69) is 10.1 Å². The molecule has 0 radical (unpaired) electrons. The number of Topliss-reactive ketones (excluding diaryl/α,β-unsaturated/α-hetero) is 1. The Morgan fingerprint density at radius 2 is 2.03 bits per heavy atom. The van der Waals surface area contributed by atoms with Crippen LogP contribution in [0.1, 0.15) is 48.8 Å². The largest absolute Gasteiger partial charge is 0.364 e. The highest BCUT2D eigenvalue weighted by molar-refractivity contribution is 6.50. The van der Waals surface area contributed by atoms with Gasteiger partial charge in [0, 0.05) is 24.0 Å². The molecule has 5 atom stereocenters. The molecule has 3 heterocycles. The number of ketones is 1. The van der Waals surface area contributed by atoms with E-state index in [4.69, 9.17) is 28.9 Å². The second-order valence-electron chi connectivity index (χ2n) is 9.50. The Morgan fingerprint density at radius 1 is 1.31 bits per heavy atom. The molecule has 2 aromatic rings. The molecule has 0 spiro atoms. The molecule has 2 N–H and O–H groups in total. The van der Waals surface area contributed by atoms with E-state index in [1.807, 2.05) is 6.92 Å². The first-order valence-corrected chi connectivity index (χ1v) is 11.7. The van der Waals surface area contributed by atoms with Crippen molar-refractivity contribution in [1.82, 2.24) is 19.7 Å². The maximum absolute atomic E-state index is 13.4. The molecule has 0 bridgehead atoms. The lowest BCUT2D eigenvalue weighted by atomic mass is 9.94. The quantitative estimate of drug-likeness (QED) is 0.615. The Kier molecular flexibility index (Phi) is 5.02. The SMILES string of the molecule is Cc1nccc2c(C(N)=O)nn(CC(=O)N3[C@@H]4C[C@@H]4C[C@H]3C(=O)C[C@H](C)[C@H]3CC3(Cl)Cl)c12. The Bertz CT molecular complexity index is 1150. The number of rotatable bonds is 7. The number of primary amides is 1. The zero-order chi connectivity index (χ0) is 22.9. The summed E-state index contributed by atoms with van der Waals surface area (Å²) in [7, 11) is 0. The van der Waals surface area contributed by atoms with Gasteiger partial charge in [-0.15, -0.1) is 23.2 Å². The Balaban J connectivity index is 1.36. The Labute approximate surface area is 195 Å². The fourth-order valence-electron chi connectivity index (χ4n) is 5.36. The molecule has 0 unspecified atom stereocenters. The van der Waals surface area contributed by atoms with Crippen LogP contribution in [0.4, 0.5) is 0 Å². The highest BCUT2D eigenvalue weighted by Crippen LogP contribution is 2.58. The predicted molar refractivity (Wildman–Crippen MR) is 119 cm³/mol. The van der Waals surface area contributed by atoms with E-state index in [0.717, 1.165) is 6.42 Å².